The maximum absolute atomic E-state index is 13.3. The fraction of sp³-hybridized carbons (Fsp3) is 0.360. The SMILES string of the molecule is O=C1CCC(N2C(=O)c3cccc(CNC4CCNC4Cc4ccccc4)c3C2=O)C(=O)N1. The summed E-state index contributed by atoms with van der Waals surface area (Å²) in [5.74, 6) is -1.92. The molecule has 4 amide bonds. The summed E-state index contributed by atoms with van der Waals surface area (Å²) in [6.07, 6.45) is 2.14. The molecule has 3 aliphatic heterocycles. The van der Waals surface area contributed by atoms with Crippen molar-refractivity contribution in [2.45, 2.75) is 50.4 Å². The number of benzene rings is 2. The molecule has 0 aromatic heterocycles. The van der Waals surface area contributed by atoms with Crippen LogP contribution in [0.25, 0.3) is 0 Å². The second-order valence-corrected chi connectivity index (χ2v) is 8.81. The molecule has 2 fully saturated rings. The second kappa shape index (κ2) is 8.88. The Morgan fingerprint density at radius 1 is 0.939 bits per heavy atom. The average Bonchev–Trinajstić information content (AvgIpc) is 3.36. The van der Waals surface area contributed by atoms with Crippen LogP contribution in [0.4, 0.5) is 0 Å². The fourth-order valence-electron chi connectivity index (χ4n) is 5.07. The fourth-order valence-corrected chi connectivity index (χ4v) is 5.07. The van der Waals surface area contributed by atoms with Crippen molar-refractivity contribution in [2.75, 3.05) is 6.54 Å². The molecule has 5 rings (SSSR count). The molecule has 0 radical (unpaired) electrons. The summed E-state index contributed by atoms with van der Waals surface area (Å²) in [6.45, 7) is 1.37. The Bertz CT molecular complexity index is 1120. The predicted octanol–water partition coefficient (Wildman–Crippen LogP) is 1.15. The van der Waals surface area contributed by atoms with E-state index >= 15 is 0 Å². The van der Waals surface area contributed by atoms with Crippen LogP contribution >= 0.6 is 0 Å². The van der Waals surface area contributed by atoms with Gasteiger partial charge in [-0.15, -0.1) is 0 Å². The Hall–Kier alpha value is -3.36. The number of hydrogen-bond donors (Lipinski definition) is 3. The van der Waals surface area contributed by atoms with Crippen LogP contribution < -0.4 is 16.0 Å². The quantitative estimate of drug-likeness (QED) is 0.575. The monoisotopic (exact) mass is 446 g/mol. The third-order valence-corrected chi connectivity index (χ3v) is 6.76. The minimum absolute atomic E-state index is 0.107. The first-order valence-electron chi connectivity index (χ1n) is 11.4. The Balaban J connectivity index is 1.31. The summed E-state index contributed by atoms with van der Waals surface area (Å²) in [7, 11) is 0. The number of carbonyl (C=O) groups excluding carboxylic acids is 4. The summed E-state index contributed by atoms with van der Waals surface area (Å²) in [5.41, 5.74) is 2.68. The van der Waals surface area contributed by atoms with Gasteiger partial charge in [0.05, 0.1) is 11.1 Å². The van der Waals surface area contributed by atoms with Gasteiger partial charge in [0.2, 0.25) is 11.8 Å². The lowest BCUT2D eigenvalue weighted by molar-refractivity contribution is -0.136. The van der Waals surface area contributed by atoms with Crippen LogP contribution in [0.15, 0.2) is 48.5 Å². The average molecular weight is 447 g/mol. The van der Waals surface area contributed by atoms with E-state index in [-0.39, 0.29) is 30.8 Å². The Morgan fingerprint density at radius 3 is 2.55 bits per heavy atom. The first kappa shape index (κ1) is 21.5. The van der Waals surface area contributed by atoms with E-state index in [1.165, 1.54) is 5.56 Å². The van der Waals surface area contributed by atoms with Crippen LogP contribution in [0, 0.1) is 0 Å². The van der Waals surface area contributed by atoms with Gasteiger partial charge in [-0.25, -0.2) is 0 Å². The van der Waals surface area contributed by atoms with Crippen molar-refractivity contribution in [3.8, 4) is 0 Å². The smallest absolute Gasteiger partial charge is 0.262 e. The Kier molecular flexibility index (Phi) is 5.78. The second-order valence-electron chi connectivity index (χ2n) is 8.81. The first-order valence-corrected chi connectivity index (χ1v) is 11.4. The number of imide groups is 2. The van der Waals surface area contributed by atoms with Gasteiger partial charge in [0, 0.05) is 25.0 Å². The topological polar surface area (TPSA) is 108 Å². The molecule has 2 aromatic carbocycles. The van der Waals surface area contributed by atoms with E-state index in [9.17, 15) is 19.2 Å². The molecule has 170 valence electrons. The lowest BCUT2D eigenvalue weighted by Gasteiger charge is -2.28. The third-order valence-electron chi connectivity index (χ3n) is 6.76. The van der Waals surface area contributed by atoms with Crippen LogP contribution in [0.3, 0.4) is 0 Å². The molecule has 0 saturated carbocycles. The van der Waals surface area contributed by atoms with Gasteiger partial charge in [0.15, 0.2) is 0 Å². The molecule has 3 N–H and O–H groups in total. The highest BCUT2D eigenvalue weighted by molar-refractivity contribution is 6.24. The maximum atomic E-state index is 13.3. The van der Waals surface area contributed by atoms with Gasteiger partial charge in [0.25, 0.3) is 11.8 Å². The van der Waals surface area contributed by atoms with Gasteiger partial charge in [-0.3, -0.25) is 29.4 Å². The normalized spacial score (nSPS) is 24.8. The van der Waals surface area contributed by atoms with E-state index in [2.05, 4.69) is 28.1 Å². The van der Waals surface area contributed by atoms with Gasteiger partial charge in [-0.1, -0.05) is 42.5 Å². The van der Waals surface area contributed by atoms with Gasteiger partial charge >= 0.3 is 0 Å². The highest BCUT2D eigenvalue weighted by Crippen LogP contribution is 2.30. The largest absolute Gasteiger partial charge is 0.312 e. The van der Waals surface area contributed by atoms with Crippen molar-refractivity contribution < 1.29 is 19.2 Å². The number of piperidine rings is 1. The number of fused-ring (bicyclic) bond motifs is 1. The molecule has 0 spiro atoms. The number of amides is 4. The summed E-state index contributed by atoms with van der Waals surface area (Å²) in [5, 5.41) is 9.36. The highest BCUT2D eigenvalue weighted by atomic mass is 16.2. The number of hydrogen-bond acceptors (Lipinski definition) is 6. The van der Waals surface area contributed by atoms with Crippen LogP contribution in [-0.2, 0) is 22.6 Å². The van der Waals surface area contributed by atoms with Crippen LogP contribution in [0.1, 0.15) is 51.1 Å². The molecule has 3 heterocycles. The predicted molar refractivity (Wildman–Crippen MR) is 120 cm³/mol. The van der Waals surface area contributed by atoms with Gasteiger partial charge in [-0.05, 0) is 43.0 Å². The highest BCUT2D eigenvalue weighted by Gasteiger charge is 2.45. The number of rotatable bonds is 6. The molecular formula is C25H26N4O4. The zero-order valence-corrected chi connectivity index (χ0v) is 18.2. The lowest BCUT2D eigenvalue weighted by Crippen LogP contribution is -2.54. The molecule has 3 atom stereocenters. The minimum Gasteiger partial charge on any atom is -0.312 e. The van der Waals surface area contributed by atoms with Crippen molar-refractivity contribution in [1.82, 2.24) is 20.9 Å². The molecule has 33 heavy (non-hydrogen) atoms. The van der Waals surface area contributed by atoms with E-state index in [0.717, 1.165) is 29.8 Å². The lowest BCUT2D eigenvalue weighted by atomic mass is 9.99. The molecule has 3 aliphatic rings. The summed E-state index contributed by atoms with van der Waals surface area (Å²) < 4.78 is 0. The van der Waals surface area contributed by atoms with Crippen molar-refractivity contribution in [3.05, 3.63) is 70.8 Å². The van der Waals surface area contributed by atoms with E-state index < -0.39 is 23.8 Å². The summed E-state index contributed by atoms with van der Waals surface area (Å²) >= 11 is 0. The molecular weight excluding hydrogens is 420 g/mol. The molecule has 0 bridgehead atoms. The molecule has 2 aromatic rings. The van der Waals surface area contributed by atoms with E-state index in [1.54, 1.807) is 12.1 Å². The molecule has 3 unspecified atom stereocenters. The minimum atomic E-state index is -0.954. The first-order chi connectivity index (χ1) is 16.0. The van der Waals surface area contributed by atoms with Gasteiger partial charge in [0.1, 0.15) is 6.04 Å². The van der Waals surface area contributed by atoms with E-state index in [4.69, 9.17) is 0 Å². The van der Waals surface area contributed by atoms with Gasteiger partial charge < -0.3 is 10.6 Å². The number of nitrogens with zero attached hydrogens (tertiary/aromatic N) is 1. The maximum Gasteiger partial charge on any atom is 0.262 e. The van der Waals surface area contributed by atoms with Gasteiger partial charge in [-0.2, -0.15) is 0 Å². The molecule has 8 heteroatoms. The number of carbonyl (C=O) groups is 4. The molecule has 0 aliphatic carbocycles. The molecule has 2 saturated heterocycles. The van der Waals surface area contributed by atoms with Crippen molar-refractivity contribution >= 4 is 23.6 Å². The molecule has 8 nitrogen and oxygen atoms in total. The van der Waals surface area contributed by atoms with Crippen LogP contribution in [0.2, 0.25) is 0 Å². The van der Waals surface area contributed by atoms with Crippen LogP contribution in [0.5, 0.6) is 0 Å². The van der Waals surface area contributed by atoms with E-state index in [1.807, 2.05) is 24.3 Å². The third kappa shape index (κ3) is 4.07. The number of nitrogens with one attached hydrogen (secondary N) is 3. The zero-order chi connectivity index (χ0) is 22.9. The zero-order valence-electron chi connectivity index (χ0n) is 18.2. The van der Waals surface area contributed by atoms with Crippen molar-refractivity contribution in [1.29, 1.82) is 0 Å². The standard InChI is InChI=1S/C25H26N4O4/c30-21-10-9-20(23(31)28-21)29-24(32)17-8-4-7-16(22(17)25(29)33)14-27-18-11-12-26-19(18)13-15-5-2-1-3-6-15/h1-8,18-20,26-27H,9-14H2,(H,28,30,31). The van der Waals surface area contributed by atoms with Crippen LogP contribution in [-0.4, -0.2) is 53.2 Å². The van der Waals surface area contributed by atoms with Crippen molar-refractivity contribution in [2.24, 2.45) is 0 Å². The summed E-state index contributed by atoms with van der Waals surface area (Å²) in [4.78, 5) is 51.1. The van der Waals surface area contributed by atoms with Crippen molar-refractivity contribution in [3.63, 3.8) is 0 Å². The Labute approximate surface area is 191 Å². The van der Waals surface area contributed by atoms with E-state index in [0.29, 0.717) is 17.7 Å². The Morgan fingerprint density at radius 2 is 1.76 bits per heavy atom. The summed E-state index contributed by atoms with van der Waals surface area (Å²) in [6, 6.07) is 15.1.